The summed E-state index contributed by atoms with van der Waals surface area (Å²) in [5, 5.41) is 0. The SMILES string of the molecule is CC(CC(F)(F)F)C1CCC2C3CCC4CC(c5cccnc5)CCC4(C)C3CCC12C. The van der Waals surface area contributed by atoms with Crippen molar-refractivity contribution in [3.05, 3.63) is 30.1 Å². The van der Waals surface area contributed by atoms with Crippen molar-refractivity contribution in [3.63, 3.8) is 0 Å². The molecule has 9 atom stereocenters. The molecule has 0 amide bonds. The number of pyridine rings is 1. The van der Waals surface area contributed by atoms with E-state index >= 15 is 0 Å². The first-order chi connectivity index (χ1) is 15.1. The zero-order valence-electron chi connectivity index (χ0n) is 20.0. The van der Waals surface area contributed by atoms with Gasteiger partial charge in [-0.3, -0.25) is 4.98 Å². The van der Waals surface area contributed by atoms with E-state index in [0.29, 0.717) is 17.3 Å². The molecule has 4 aliphatic carbocycles. The number of hydrogen-bond acceptors (Lipinski definition) is 1. The maximum atomic E-state index is 13.2. The van der Waals surface area contributed by atoms with Gasteiger partial charge in [0.05, 0.1) is 0 Å². The number of nitrogens with zero attached hydrogens (tertiary/aromatic N) is 1. The van der Waals surface area contributed by atoms with E-state index in [1.54, 1.807) is 0 Å². The van der Waals surface area contributed by atoms with Crippen LogP contribution in [0.2, 0.25) is 0 Å². The molecule has 0 saturated heterocycles. The molecular formula is C28H40F3N. The smallest absolute Gasteiger partial charge is 0.264 e. The maximum Gasteiger partial charge on any atom is 0.389 e. The van der Waals surface area contributed by atoms with Crippen molar-refractivity contribution in [2.75, 3.05) is 0 Å². The van der Waals surface area contributed by atoms with Gasteiger partial charge >= 0.3 is 6.18 Å². The van der Waals surface area contributed by atoms with Crippen molar-refractivity contribution < 1.29 is 13.2 Å². The molecule has 4 heteroatoms. The Bertz CT molecular complexity index is 807. The number of halogens is 3. The van der Waals surface area contributed by atoms with Gasteiger partial charge < -0.3 is 0 Å². The van der Waals surface area contributed by atoms with Gasteiger partial charge in [-0.05, 0) is 122 Å². The van der Waals surface area contributed by atoms with Crippen molar-refractivity contribution in [1.29, 1.82) is 0 Å². The first-order valence-corrected chi connectivity index (χ1v) is 13.1. The number of fused-ring (bicyclic) bond motifs is 5. The minimum absolute atomic E-state index is 0.113. The van der Waals surface area contributed by atoms with Crippen molar-refractivity contribution >= 4 is 0 Å². The molecule has 0 radical (unpaired) electrons. The van der Waals surface area contributed by atoms with E-state index in [1.165, 1.54) is 44.1 Å². The monoisotopic (exact) mass is 447 g/mol. The van der Waals surface area contributed by atoms with Crippen LogP contribution in [0.5, 0.6) is 0 Å². The van der Waals surface area contributed by atoms with Crippen LogP contribution in [-0.2, 0) is 0 Å². The largest absolute Gasteiger partial charge is 0.389 e. The lowest BCUT2D eigenvalue weighted by Crippen LogP contribution is -2.53. The average Bonchev–Trinajstić information content (AvgIpc) is 3.10. The lowest BCUT2D eigenvalue weighted by Gasteiger charge is -2.61. The maximum absolute atomic E-state index is 13.2. The highest BCUT2D eigenvalue weighted by molar-refractivity contribution is 5.18. The lowest BCUT2D eigenvalue weighted by molar-refractivity contribution is -0.155. The van der Waals surface area contributed by atoms with Crippen molar-refractivity contribution in [2.45, 2.75) is 97.1 Å². The highest BCUT2D eigenvalue weighted by atomic mass is 19.4. The van der Waals surface area contributed by atoms with Crippen LogP contribution in [0, 0.1) is 46.3 Å². The fraction of sp³-hybridized carbons (Fsp3) is 0.821. The lowest BCUT2D eigenvalue weighted by atomic mass is 9.44. The molecule has 4 fully saturated rings. The van der Waals surface area contributed by atoms with E-state index in [4.69, 9.17) is 0 Å². The summed E-state index contributed by atoms with van der Waals surface area (Å²) in [5.74, 6) is 3.56. The van der Waals surface area contributed by atoms with Crippen LogP contribution in [0.4, 0.5) is 13.2 Å². The number of aromatic nitrogens is 1. The van der Waals surface area contributed by atoms with Gasteiger partial charge in [0, 0.05) is 18.8 Å². The number of rotatable bonds is 3. The van der Waals surface area contributed by atoms with E-state index in [-0.39, 0.29) is 17.3 Å². The van der Waals surface area contributed by atoms with Crippen LogP contribution < -0.4 is 0 Å². The summed E-state index contributed by atoms with van der Waals surface area (Å²) < 4.78 is 39.5. The van der Waals surface area contributed by atoms with Crippen molar-refractivity contribution in [1.82, 2.24) is 4.98 Å². The van der Waals surface area contributed by atoms with Gasteiger partial charge in [0.2, 0.25) is 0 Å². The first kappa shape index (κ1) is 22.7. The Morgan fingerprint density at radius 1 is 1.00 bits per heavy atom. The number of hydrogen-bond donors (Lipinski definition) is 0. The fourth-order valence-electron chi connectivity index (χ4n) is 9.66. The molecule has 0 N–H and O–H groups in total. The molecule has 0 bridgehead atoms. The zero-order chi connectivity index (χ0) is 22.7. The molecule has 32 heavy (non-hydrogen) atoms. The third-order valence-corrected chi connectivity index (χ3v) is 11.1. The van der Waals surface area contributed by atoms with Gasteiger partial charge in [0.1, 0.15) is 0 Å². The quantitative estimate of drug-likeness (QED) is 0.453. The summed E-state index contributed by atoms with van der Waals surface area (Å²) in [6, 6.07) is 4.32. The Hall–Kier alpha value is -1.06. The van der Waals surface area contributed by atoms with Crippen molar-refractivity contribution in [2.24, 2.45) is 46.3 Å². The van der Waals surface area contributed by atoms with E-state index in [2.05, 4.69) is 37.2 Å². The van der Waals surface area contributed by atoms with Gasteiger partial charge in [-0.25, -0.2) is 0 Å². The summed E-state index contributed by atoms with van der Waals surface area (Å²) in [7, 11) is 0. The molecule has 9 unspecified atom stereocenters. The normalized spacial score (nSPS) is 44.9. The highest BCUT2D eigenvalue weighted by Gasteiger charge is 2.61. The first-order valence-electron chi connectivity index (χ1n) is 13.1. The van der Waals surface area contributed by atoms with Crippen LogP contribution in [0.15, 0.2) is 24.5 Å². The van der Waals surface area contributed by atoms with Gasteiger partial charge in [-0.2, -0.15) is 13.2 Å². The zero-order valence-corrected chi connectivity index (χ0v) is 20.0. The van der Waals surface area contributed by atoms with Crippen LogP contribution >= 0.6 is 0 Å². The van der Waals surface area contributed by atoms with Crippen LogP contribution in [0.1, 0.15) is 96.5 Å². The fourth-order valence-corrected chi connectivity index (χ4v) is 9.66. The molecule has 1 heterocycles. The molecule has 0 aliphatic heterocycles. The van der Waals surface area contributed by atoms with E-state index in [1.807, 2.05) is 13.1 Å². The third-order valence-electron chi connectivity index (χ3n) is 11.1. The molecule has 4 aliphatic rings. The second-order valence-electron chi connectivity index (χ2n) is 12.4. The molecule has 1 aromatic rings. The van der Waals surface area contributed by atoms with Crippen LogP contribution in [-0.4, -0.2) is 11.2 Å². The second-order valence-corrected chi connectivity index (χ2v) is 12.4. The molecule has 4 saturated carbocycles. The standard InChI is InChI=1S/C28H40F3N/c1-18(16-28(29,30)31)23-8-9-24-22-7-6-21-15-19(20-5-4-14-32-17-20)10-12-26(21,2)25(22)11-13-27(23,24)3/h4-5,14,17-19,21-25H,6-13,15-16H2,1-3H3. The molecule has 0 spiro atoms. The van der Waals surface area contributed by atoms with E-state index in [9.17, 15) is 13.2 Å². The summed E-state index contributed by atoms with van der Waals surface area (Å²) in [6.07, 6.45) is 10.3. The van der Waals surface area contributed by atoms with Crippen LogP contribution in [0.3, 0.4) is 0 Å². The third kappa shape index (κ3) is 3.72. The van der Waals surface area contributed by atoms with Gasteiger partial charge in [-0.15, -0.1) is 0 Å². The molecule has 178 valence electrons. The van der Waals surface area contributed by atoms with Crippen LogP contribution in [0.25, 0.3) is 0 Å². The minimum atomic E-state index is -4.04. The Morgan fingerprint density at radius 3 is 2.47 bits per heavy atom. The predicted octanol–water partition coefficient (Wildman–Crippen LogP) is 8.41. The summed E-state index contributed by atoms with van der Waals surface area (Å²) >= 11 is 0. The number of alkyl halides is 3. The Balaban J connectivity index is 1.32. The highest BCUT2D eigenvalue weighted by Crippen LogP contribution is 2.69. The molecule has 1 aromatic heterocycles. The van der Waals surface area contributed by atoms with Gasteiger partial charge in [0.15, 0.2) is 0 Å². The second kappa shape index (κ2) is 8.01. The Morgan fingerprint density at radius 2 is 1.75 bits per heavy atom. The van der Waals surface area contributed by atoms with Gasteiger partial charge in [-0.1, -0.05) is 26.8 Å². The van der Waals surface area contributed by atoms with Crippen molar-refractivity contribution in [3.8, 4) is 0 Å². The van der Waals surface area contributed by atoms with E-state index < -0.39 is 12.6 Å². The van der Waals surface area contributed by atoms with Gasteiger partial charge in [0.25, 0.3) is 0 Å². The summed E-state index contributed by atoms with van der Waals surface area (Å²) in [4.78, 5) is 4.36. The molecule has 5 rings (SSSR count). The molecule has 0 aromatic carbocycles. The topological polar surface area (TPSA) is 12.9 Å². The average molecular weight is 448 g/mol. The summed E-state index contributed by atoms with van der Waals surface area (Å²) in [5.41, 5.74) is 1.94. The Labute approximate surface area is 192 Å². The van der Waals surface area contributed by atoms with E-state index in [0.717, 1.165) is 37.0 Å². The minimum Gasteiger partial charge on any atom is -0.264 e. The predicted molar refractivity (Wildman–Crippen MR) is 122 cm³/mol. The molecular weight excluding hydrogens is 407 g/mol. The molecule has 1 nitrogen and oxygen atoms in total. The Kier molecular flexibility index (Phi) is 5.69. The summed E-state index contributed by atoms with van der Waals surface area (Å²) in [6.45, 7) is 6.82.